The predicted octanol–water partition coefficient (Wildman–Crippen LogP) is 3.99. The zero-order valence-corrected chi connectivity index (χ0v) is 18.9. The summed E-state index contributed by atoms with van der Waals surface area (Å²) >= 11 is 8.18. The highest BCUT2D eigenvalue weighted by molar-refractivity contribution is 14.1. The van der Waals surface area contributed by atoms with Crippen LogP contribution in [0.2, 0.25) is 5.02 Å². The lowest BCUT2D eigenvalue weighted by molar-refractivity contribution is -0.120. The Morgan fingerprint density at radius 1 is 1.18 bits per heavy atom. The SMILES string of the molecule is COc1ccc(Cl)cc1S(=O)(=O)N1CCC(C(=O)Nc2ccc(I)cc2)CC1. The first-order valence-corrected chi connectivity index (χ1v) is 11.6. The third-order valence-electron chi connectivity index (χ3n) is 4.68. The van der Waals surface area contributed by atoms with Crippen LogP contribution in [0.1, 0.15) is 12.8 Å². The van der Waals surface area contributed by atoms with Crippen LogP contribution in [0.3, 0.4) is 0 Å². The van der Waals surface area contributed by atoms with Crippen LogP contribution in [0.4, 0.5) is 5.69 Å². The molecule has 0 atom stereocenters. The number of sulfonamides is 1. The maximum absolute atomic E-state index is 13.0. The number of carbonyl (C=O) groups excluding carboxylic acids is 1. The zero-order valence-electron chi connectivity index (χ0n) is 15.2. The molecule has 1 aliphatic heterocycles. The lowest BCUT2D eigenvalue weighted by Crippen LogP contribution is -2.41. The zero-order chi connectivity index (χ0) is 20.3. The molecule has 150 valence electrons. The van der Waals surface area contributed by atoms with Crippen molar-refractivity contribution < 1.29 is 17.9 Å². The van der Waals surface area contributed by atoms with Gasteiger partial charge >= 0.3 is 0 Å². The van der Waals surface area contributed by atoms with Crippen LogP contribution in [0, 0.1) is 9.49 Å². The summed E-state index contributed by atoms with van der Waals surface area (Å²) in [6.45, 7) is 0.533. The summed E-state index contributed by atoms with van der Waals surface area (Å²) < 4.78 is 33.7. The number of amides is 1. The van der Waals surface area contributed by atoms with Crippen molar-refractivity contribution in [1.29, 1.82) is 0 Å². The van der Waals surface area contributed by atoms with Gasteiger partial charge in [-0.15, -0.1) is 0 Å². The van der Waals surface area contributed by atoms with E-state index in [1.54, 1.807) is 6.07 Å². The number of hydrogen-bond acceptors (Lipinski definition) is 4. The first-order chi connectivity index (χ1) is 13.3. The minimum Gasteiger partial charge on any atom is -0.495 e. The second-order valence-corrected chi connectivity index (χ2v) is 10.1. The van der Waals surface area contributed by atoms with Gasteiger partial charge in [-0.05, 0) is 77.9 Å². The van der Waals surface area contributed by atoms with E-state index >= 15 is 0 Å². The summed E-state index contributed by atoms with van der Waals surface area (Å²) in [6, 6.07) is 12.1. The van der Waals surface area contributed by atoms with Crippen molar-refractivity contribution in [2.75, 3.05) is 25.5 Å². The molecule has 1 heterocycles. The van der Waals surface area contributed by atoms with Gasteiger partial charge in [-0.3, -0.25) is 4.79 Å². The van der Waals surface area contributed by atoms with Crippen molar-refractivity contribution in [3.63, 3.8) is 0 Å². The molecular weight excluding hydrogens is 515 g/mol. The van der Waals surface area contributed by atoms with Gasteiger partial charge in [0.25, 0.3) is 0 Å². The fourth-order valence-corrected chi connectivity index (χ4v) is 5.37. The van der Waals surface area contributed by atoms with Crippen LogP contribution in [0.15, 0.2) is 47.4 Å². The smallest absolute Gasteiger partial charge is 0.246 e. The summed E-state index contributed by atoms with van der Waals surface area (Å²) in [5, 5.41) is 3.23. The number of methoxy groups -OCH3 is 1. The largest absolute Gasteiger partial charge is 0.495 e. The Morgan fingerprint density at radius 3 is 2.43 bits per heavy atom. The Bertz CT molecular complexity index is 958. The number of halogens is 2. The number of carbonyl (C=O) groups is 1. The third kappa shape index (κ3) is 4.79. The molecule has 0 radical (unpaired) electrons. The number of nitrogens with zero attached hydrogens (tertiary/aromatic N) is 1. The lowest BCUT2D eigenvalue weighted by atomic mass is 9.97. The van der Waals surface area contributed by atoms with Crippen molar-refractivity contribution in [3.8, 4) is 5.75 Å². The second kappa shape index (κ2) is 8.98. The van der Waals surface area contributed by atoms with Crippen molar-refractivity contribution >= 4 is 55.8 Å². The Labute approximate surface area is 183 Å². The van der Waals surface area contributed by atoms with Gasteiger partial charge in [0.1, 0.15) is 10.6 Å². The molecule has 0 bridgehead atoms. The summed E-state index contributed by atoms with van der Waals surface area (Å²) in [5.74, 6) is -0.0615. The van der Waals surface area contributed by atoms with Crippen molar-refractivity contribution in [3.05, 3.63) is 51.1 Å². The summed E-state index contributed by atoms with van der Waals surface area (Å²) in [6.07, 6.45) is 0.913. The number of rotatable bonds is 5. The van der Waals surface area contributed by atoms with Crippen molar-refractivity contribution in [2.45, 2.75) is 17.7 Å². The Hall–Kier alpha value is -1.36. The fourth-order valence-electron chi connectivity index (χ4n) is 3.13. The second-order valence-electron chi connectivity index (χ2n) is 6.47. The molecule has 6 nitrogen and oxygen atoms in total. The van der Waals surface area contributed by atoms with Crippen LogP contribution in [-0.4, -0.2) is 38.8 Å². The van der Waals surface area contributed by atoms with E-state index < -0.39 is 10.0 Å². The molecule has 1 saturated heterocycles. The van der Waals surface area contributed by atoms with E-state index in [1.165, 1.54) is 23.5 Å². The molecule has 0 aromatic heterocycles. The normalized spacial score (nSPS) is 16.0. The Kier molecular flexibility index (Phi) is 6.85. The number of benzene rings is 2. The van der Waals surface area contributed by atoms with Gasteiger partial charge in [-0.25, -0.2) is 8.42 Å². The van der Waals surface area contributed by atoms with Gasteiger partial charge in [0.05, 0.1) is 7.11 Å². The molecule has 0 unspecified atom stereocenters. The van der Waals surface area contributed by atoms with E-state index in [2.05, 4.69) is 27.9 Å². The number of piperidine rings is 1. The van der Waals surface area contributed by atoms with Gasteiger partial charge in [0.2, 0.25) is 15.9 Å². The average molecular weight is 535 g/mol. The molecule has 0 saturated carbocycles. The molecule has 1 aliphatic rings. The highest BCUT2D eigenvalue weighted by atomic mass is 127. The third-order valence-corrected chi connectivity index (χ3v) is 7.55. The number of ether oxygens (including phenoxy) is 1. The van der Waals surface area contributed by atoms with E-state index in [9.17, 15) is 13.2 Å². The van der Waals surface area contributed by atoms with E-state index in [4.69, 9.17) is 16.3 Å². The van der Waals surface area contributed by atoms with Gasteiger partial charge < -0.3 is 10.1 Å². The highest BCUT2D eigenvalue weighted by Crippen LogP contribution is 2.32. The molecule has 0 spiro atoms. The summed E-state index contributed by atoms with van der Waals surface area (Å²) in [7, 11) is -2.33. The molecule has 28 heavy (non-hydrogen) atoms. The monoisotopic (exact) mass is 534 g/mol. The quantitative estimate of drug-likeness (QED) is 0.589. The number of nitrogens with one attached hydrogen (secondary N) is 1. The molecule has 0 aliphatic carbocycles. The van der Waals surface area contributed by atoms with Gasteiger partial charge in [-0.2, -0.15) is 4.31 Å². The lowest BCUT2D eigenvalue weighted by Gasteiger charge is -2.31. The van der Waals surface area contributed by atoms with E-state index in [-0.39, 0.29) is 35.6 Å². The van der Waals surface area contributed by atoms with Crippen LogP contribution in [-0.2, 0) is 14.8 Å². The molecule has 1 N–H and O–H groups in total. The van der Waals surface area contributed by atoms with Crippen LogP contribution in [0.25, 0.3) is 0 Å². The van der Waals surface area contributed by atoms with Gasteiger partial charge in [0.15, 0.2) is 0 Å². The van der Waals surface area contributed by atoms with E-state index in [0.717, 1.165) is 9.26 Å². The summed E-state index contributed by atoms with van der Waals surface area (Å²) in [4.78, 5) is 12.6. The average Bonchev–Trinajstić information content (AvgIpc) is 2.69. The predicted molar refractivity (Wildman–Crippen MR) is 117 cm³/mol. The van der Waals surface area contributed by atoms with Crippen molar-refractivity contribution in [1.82, 2.24) is 4.31 Å². The van der Waals surface area contributed by atoms with Crippen molar-refractivity contribution in [2.24, 2.45) is 5.92 Å². The fraction of sp³-hybridized carbons (Fsp3) is 0.316. The Morgan fingerprint density at radius 2 is 1.82 bits per heavy atom. The topological polar surface area (TPSA) is 75.7 Å². The first kappa shape index (κ1) is 21.4. The van der Waals surface area contributed by atoms with Crippen LogP contribution < -0.4 is 10.1 Å². The number of anilines is 1. The van der Waals surface area contributed by atoms with Gasteiger partial charge in [0, 0.05) is 33.3 Å². The minimum absolute atomic E-state index is 0.0456. The van der Waals surface area contributed by atoms with Crippen LogP contribution in [0.5, 0.6) is 5.75 Å². The van der Waals surface area contributed by atoms with Gasteiger partial charge in [-0.1, -0.05) is 11.6 Å². The maximum Gasteiger partial charge on any atom is 0.246 e. The van der Waals surface area contributed by atoms with Crippen LogP contribution >= 0.6 is 34.2 Å². The van der Waals surface area contributed by atoms with E-state index in [0.29, 0.717) is 17.9 Å². The molecule has 9 heteroatoms. The number of hydrogen-bond donors (Lipinski definition) is 1. The maximum atomic E-state index is 13.0. The highest BCUT2D eigenvalue weighted by Gasteiger charge is 2.33. The first-order valence-electron chi connectivity index (χ1n) is 8.71. The molecular formula is C19H20ClIN2O4S. The minimum atomic E-state index is -3.75. The molecule has 1 fully saturated rings. The standard InChI is InChI=1S/C19H20ClIN2O4S/c1-27-17-7-2-14(20)12-18(17)28(25,26)23-10-8-13(9-11-23)19(24)22-16-5-3-15(21)4-6-16/h2-7,12-13H,8-11H2,1H3,(H,22,24). The molecule has 3 rings (SSSR count). The Balaban J connectivity index is 1.67. The molecule has 1 amide bonds. The summed E-state index contributed by atoms with van der Waals surface area (Å²) in [5.41, 5.74) is 0.740. The van der Waals surface area contributed by atoms with E-state index in [1.807, 2.05) is 24.3 Å². The molecule has 2 aromatic carbocycles. The molecule has 2 aromatic rings.